The molecule has 0 bridgehead atoms. The molecule has 53 heavy (non-hydrogen) atoms. The van der Waals surface area contributed by atoms with Crippen LogP contribution in [0.25, 0.3) is 55.3 Å². The Bertz CT molecular complexity index is 2730. The van der Waals surface area contributed by atoms with Crippen LogP contribution in [0, 0.1) is 0 Å². The summed E-state index contributed by atoms with van der Waals surface area (Å²) in [6.45, 7) is 4.70. The molecule has 2 heteroatoms. The monoisotopic (exact) mass is 680 g/mol. The molecular weight excluding hydrogens is 641 g/mol. The summed E-state index contributed by atoms with van der Waals surface area (Å²) in [5.74, 6) is 0. The topological polar surface area (TPSA) is 8.17 Å². The smallest absolute Gasteiger partial charge is 0.0541 e. The highest BCUT2D eigenvalue weighted by Gasteiger charge is 2.35. The van der Waals surface area contributed by atoms with Gasteiger partial charge in [0.1, 0.15) is 0 Å². The number of fused-ring (bicyclic) bond motifs is 6. The van der Waals surface area contributed by atoms with Crippen LogP contribution in [-0.4, -0.2) is 4.57 Å². The molecule has 2 aliphatic rings. The van der Waals surface area contributed by atoms with Gasteiger partial charge in [0.15, 0.2) is 0 Å². The SMILES string of the molecule is CC1(C)c2ccccc2-c2cc(N(C3=CC=C(c4ccccc4)CC3)c3ccc(-c4ccc5c(c4)c4ccccc4n5-c4ccccc4)cc3)ccc21. The molecule has 254 valence electrons. The number of allylic oxidation sites excluding steroid dienone is 4. The van der Waals surface area contributed by atoms with Gasteiger partial charge in [-0.25, -0.2) is 0 Å². The van der Waals surface area contributed by atoms with Crippen LogP contribution in [-0.2, 0) is 5.41 Å². The van der Waals surface area contributed by atoms with Crippen LogP contribution < -0.4 is 4.90 Å². The van der Waals surface area contributed by atoms with Gasteiger partial charge in [-0.1, -0.05) is 135 Å². The molecule has 8 aromatic rings. The maximum atomic E-state index is 2.48. The third kappa shape index (κ3) is 5.17. The van der Waals surface area contributed by atoms with Crippen molar-refractivity contribution in [2.75, 3.05) is 4.90 Å². The van der Waals surface area contributed by atoms with E-state index >= 15 is 0 Å². The summed E-state index contributed by atoms with van der Waals surface area (Å²) in [5.41, 5.74) is 17.9. The minimum Gasteiger partial charge on any atom is -0.314 e. The molecule has 0 radical (unpaired) electrons. The summed E-state index contributed by atoms with van der Waals surface area (Å²) in [4.78, 5) is 2.48. The Kier molecular flexibility index (Phi) is 7.33. The number of benzene rings is 7. The lowest BCUT2D eigenvalue weighted by Gasteiger charge is -2.31. The molecular formula is C51H40N2. The summed E-state index contributed by atoms with van der Waals surface area (Å²) in [7, 11) is 0. The Labute approximate surface area is 311 Å². The van der Waals surface area contributed by atoms with E-state index in [2.05, 4.69) is 205 Å². The number of rotatable bonds is 6. The highest BCUT2D eigenvalue weighted by atomic mass is 15.1. The maximum Gasteiger partial charge on any atom is 0.0541 e. The van der Waals surface area contributed by atoms with Gasteiger partial charge < -0.3 is 9.47 Å². The quantitative estimate of drug-likeness (QED) is 0.170. The lowest BCUT2D eigenvalue weighted by Crippen LogP contribution is -2.19. The molecule has 0 N–H and O–H groups in total. The zero-order valence-corrected chi connectivity index (χ0v) is 30.1. The first kappa shape index (κ1) is 31.4. The largest absolute Gasteiger partial charge is 0.314 e. The highest BCUT2D eigenvalue weighted by Crippen LogP contribution is 2.50. The van der Waals surface area contributed by atoms with Crippen molar-refractivity contribution in [3.63, 3.8) is 0 Å². The Morgan fingerprint density at radius 1 is 0.472 bits per heavy atom. The fourth-order valence-corrected chi connectivity index (χ4v) is 8.84. The Balaban J connectivity index is 1.07. The van der Waals surface area contributed by atoms with Crippen molar-refractivity contribution in [3.05, 3.63) is 204 Å². The van der Waals surface area contributed by atoms with E-state index in [1.807, 2.05) is 0 Å². The van der Waals surface area contributed by atoms with Crippen LogP contribution in [0.5, 0.6) is 0 Å². The molecule has 0 unspecified atom stereocenters. The van der Waals surface area contributed by atoms with Gasteiger partial charge in [0.05, 0.1) is 11.0 Å². The number of hydrogen-bond acceptors (Lipinski definition) is 1. The third-order valence-electron chi connectivity index (χ3n) is 11.5. The third-order valence-corrected chi connectivity index (χ3v) is 11.5. The van der Waals surface area contributed by atoms with Gasteiger partial charge in [-0.3, -0.25) is 0 Å². The molecule has 0 saturated heterocycles. The summed E-state index contributed by atoms with van der Waals surface area (Å²) < 4.78 is 2.38. The van der Waals surface area contributed by atoms with Gasteiger partial charge in [0.25, 0.3) is 0 Å². The van der Waals surface area contributed by atoms with Crippen molar-refractivity contribution in [2.24, 2.45) is 0 Å². The Morgan fingerprint density at radius 3 is 1.92 bits per heavy atom. The molecule has 2 nitrogen and oxygen atoms in total. The van der Waals surface area contributed by atoms with E-state index in [9.17, 15) is 0 Å². The predicted octanol–water partition coefficient (Wildman–Crippen LogP) is 13.7. The van der Waals surface area contributed by atoms with Crippen LogP contribution in [0.15, 0.2) is 188 Å². The van der Waals surface area contributed by atoms with Gasteiger partial charge in [0, 0.05) is 38.9 Å². The Morgan fingerprint density at radius 2 is 1.13 bits per heavy atom. The number of hydrogen-bond donors (Lipinski definition) is 0. The van der Waals surface area contributed by atoms with E-state index in [0.717, 1.165) is 12.8 Å². The van der Waals surface area contributed by atoms with Crippen LogP contribution in [0.2, 0.25) is 0 Å². The van der Waals surface area contributed by atoms with Crippen molar-refractivity contribution in [1.82, 2.24) is 4.57 Å². The molecule has 0 spiro atoms. The van der Waals surface area contributed by atoms with Gasteiger partial charge in [-0.2, -0.15) is 0 Å². The average molecular weight is 681 g/mol. The van der Waals surface area contributed by atoms with Gasteiger partial charge in [-0.05, 0) is 118 Å². The van der Waals surface area contributed by atoms with Crippen molar-refractivity contribution in [2.45, 2.75) is 32.1 Å². The van der Waals surface area contributed by atoms with Gasteiger partial charge in [-0.15, -0.1) is 0 Å². The fraction of sp³-hybridized carbons (Fsp3) is 0.0980. The van der Waals surface area contributed by atoms with Crippen molar-refractivity contribution in [1.29, 1.82) is 0 Å². The Hall–Kier alpha value is -6.38. The van der Waals surface area contributed by atoms with E-state index < -0.39 is 0 Å². The molecule has 7 aromatic carbocycles. The normalized spacial score (nSPS) is 14.5. The summed E-state index contributed by atoms with van der Waals surface area (Å²) in [6.07, 6.45) is 6.62. The summed E-state index contributed by atoms with van der Waals surface area (Å²) in [6, 6.07) is 62.3. The first-order chi connectivity index (χ1) is 26.0. The second kappa shape index (κ2) is 12.4. The first-order valence-corrected chi connectivity index (χ1v) is 18.7. The van der Waals surface area contributed by atoms with E-state index in [-0.39, 0.29) is 5.41 Å². The fourth-order valence-electron chi connectivity index (χ4n) is 8.84. The van der Waals surface area contributed by atoms with Gasteiger partial charge in [0.2, 0.25) is 0 Å². The number of anilines is 2. The van der Waals surface area contributed by atoms with Crippen molar-refractivity contribution >= 4 is 38.8 Å². The van der Waals surface area contributed by atoms with Crippen LogP contribution >= 0.6 is 0 Å². The van der Waals surface area contributed by atoms with E-state index in [4.69, 9.17) is 0 Å². The lowest BCUT2D eigenvalue weighted by atomic mass is 9.82. The van der Waals surface area contributed by atoms with Crippen LogP contribution in [0.4, 0.5) is 11.4 Å². The minimum absolute atomic E-state index is 0.0249. The minimum atomic E-state index is -0.0249. The van der Waals surface area contributed by atoms with E-state index in [1.54, 1.807) is 0 Å². The number of para-hydroxylation sites is 2. The van der Waals surface area contributed by atoms with Gasteiger partial charge >= 0.3 is 0 Å². The van der Waals surface area contributed by atoms with E-state index in [0.29, 0.717) is 0 Å². The van der Waals surface area contributed by atoms with E-state index in [1.165, 1.54) is 89.1 Å². The molecule has 1 heterocycles. The predicted molar refractivity (Wildman–Crippen MR) is 224 cm³/mol. The molecule has 2 aliphatic carbocycles. The summed E-state index contributed by atoms with van der Waals surface area (Å²) in [5, 5.41) is 2.53. The lowest BCUT2D eigenvalue weighted by molar-refractivity contribution is 0.660. The van der Waals surface area contributed by atoms with Crippen molar-refractivity contribution in [3.8, 4) is 27.9 Å². The standard InChI is InChI=1S/C51H40N2/c1-51(2)47-19-11-9-17-43(47)45-34-42(30-31-48(45)51)52(40-26-21-36(22-27-40)35-13-5-3-6-14-35)41-28-23-37(24-29-41)38-25-32-50-46(33-38)44-18-10-12-20-49(44)53(50)39-15-7-4-8-16-39/h3-21,23-26,28-34H,22,27H2,1-2H3. The molecule has 0 fully saturated rings. The number of aromatic nitrogens is 1. The number of nitrogens with zero attached hydrogens (tertiary/aromatic N) is 2. The van der Waals surface area contributed by atoms with Crippen LogP contribution in [0.3, 0.4) is 0 Å². The van der Waals surface area contributed by atoms with Crippen LogP contribution in [0.1, 0.15) is 43.4 Å². The highest BCUT2D eigenvalue weighted by molar-refractivity contribution is 6.10. The zero-order chi connectivity index (χ0) is 35.5. The molecule has 0 amide bonds. The molecule has 0 aliphatic heterocycles. The molecule has 0 atom stereocenters. The zero-order valence-electron chi connectivity index (χ0n) is 30.1. The second-order valence-corrected chi connectivity index (χ2v) is 14.9. The molecule has 1 aromatic heterocycles. The molecule has 10 rings (SSSR count). The van der Waals surface area contributed by atoms with Crippen molar-refractivity contribution < 1.29 is 0 Å². The maximum absolute atomic E-state index is 2.48. The first-order valence-electron chi connectivity index (χ1n) is 18.7. The molecule has 0 saturated carbocycles. The average Bonchev–Trinajstić information content (AvgIpc) is 3.67. The second-order valence-electron chi connectivity index (χ2n) is 14.9. The summed E-state index contributed by atoms with van der Waals surface area (Å²) >= 11 is 0.